The Morgan fingerprint density at radius 3 is 2.51 bits per heavy atom. The van der Waals surface area contributed by atoms with Crippen molar-refractivity contribution < 1.29 is 9.72 Å². The molecule has 0 aliphatic heterocycles. The van der Waals surface area contributed by atoms with Crippen molar-refractivity contribution in [1.29, 1.82) is 0 Å². The highest BCUT2D eigenvalue weighted by Gasteiger charge is 2.21. The van der Waals surface area contributed by atoms with Gasteiger partial charge < -0.3 is 19.7 Å². The molecule has 0 radical (unpaired) electrons. The SMILES string of the molecule is C.CCC(=O)Cn1cc(-c2nc(Nc3cc([N+](=O)[O-])c(N(C)CCN(C)C)cc3C)ncc2CC)c2ccccc21. The Morgan fingerprint density at radius 1 is 1.12 bits per heavy atom. The van der Waals surface area contributed by atoms with Gasteiger partial charge in [-0.15, -0.1) is 0 Å². The number of likely N-dealkylation sites (N-methyl/N-ethyl adjacent to an activating group) is 2. The molecule has 218 valence electrons. The number of para-hydroxylation sites is 1. The van der Waals surface area contributed by atoms with E-state index in [0.717, 1.165) is 46.3 Å². The maximum Gasteiger partial charge on any atom is 0.294 e. The van der Waals surface area contributed by atoms with Gasteiger partial charge in [-0.25, -0.2) is 9.97 Å². The smallest absolute Gasteiger partial charge is 0.294 e. The largest absolute Gasteiger partial charge is 0.368 e. The van der Waals surface area contributed by atoms with Crippen LogP contribution in [0.3, 0.4) is 0 Å². The Balaban J connectivity index is 0.00000462. The van der Waals surface area contributed by atoms with Gasteiger partial charge in [-0.2, -0.15) is 0 Å². The number of fused-ring (bicyclic) bond motifs is 1. The third-order valence-electron chi connectivity index (χ3n) is 7.09. The van der Waals surface area contributed by atoms with E-state index in [1.165, 1.54) is 0 Å². The fourth-order valence-corrected chi connectivity index (χ4v) is 4.69. The number of anilines is 3. The first kappa shape index (κ1) is 31.2. The molecule has 0 spiro atoms. The summed E-state index contributed by atoms with van der Waals surface area (Å²) in [5.74, 6) is 0.501. The van der Waals surface area contributed by atoms with E-state index in [0.29, 0.717) is 36.8 Å². The number of nitro groups is 1. The summed E-state index contributed by atoms with van der Waals surface area (Å²) >= 11 is 0. The average Bonchev–Trinajstić information content (AvgIpc) is 3.30. The zero-order chi connectivity index (χ0) is 29.0. The van der Waals surface area contributed by atoms with Gasteiger partial charge in [-0.1, -0.05) is 39.5 Å². The molecule has 0 saturated carbocycles. The molecule has 0 saturated heterocycles. The van der Waals surface area contributed by atoms with Gasteiger partial charge in [0.15, 0.2) is 5.78 Å². The Morgan fingerprint density at radius 2 is 1.85 bits per heavy atom. The topological polar surface area (TPSA) is 109 Å². The van der Waals surface area contributed by atoms with Crippen molar-refractivity contribution in [3.05, 3.63) is 70.0 Å². The quantitative estimate of drug-likeness (QED) is 0.161. The highest BCUT2D eigenvalue weighted by molar-refractivity contribution is 5.97. The molecule has 10 heteroatoms. The van der Waals surface area contributed by atoms with Crippen molar-refractivity contribution in [2.24, 2.45) is 0 Å². The molecule has 0 aliphatic carbocycles. The lowest BCUT2D eigenvalue weighted by Gasteiger charge is -2.22. The predicted octanol–water partition coefficient (Wildman–Crippen LogP) is 6.23. The highest BCUT2D eigenvalue weighted by atomic mass is 16.6. The number of rotatable bonds is 12. The minimum atomic E-state index is -0.356. The predicted molar refractivity (Wildman–Crippen MR) is 167 cm³/mol. The van der Waals surface area contributed by atoms with Crippen LogP contribution in [-0.2, 0) is 17.8 Å². The van der Waals surface area contributed by atoms with Gasteiger partial charge >= 0.3 is 0 Å². The maximum absolute atomic E-state index is 12.3. The van der Waals surface area contributed by atoms with E-state index in [9.17, 15) is 14.9 Å². The van der Waals surface area contributed by atoms with Gasteiger partial charge in [0.25, 0.3) is 5.69 Å². The van der Waals surface area contributed by atoms with E-state index in [1.54, 1.807) is 12.3 Å². The summed E-state index contributed by atoms with van der Waals surface area (Å²) in [7, 11) is 5.81. The first-order valence-corrected chi connectivity index (χ1v) is 13.5. The molecule has 4 rings (SSSR count). The fraction of sp³-hybridized carbons (Fsp3) is 0.387. The number of Topliss-reactive ketones (excluding diaryl/α,β-unsaturated/α-hetero) is 1. The minimum absolute atomic E-state index is 0. The van der Waals surface area contributed by atoms with Crippen molar-refractivity contribution in [3.8, 4) is 11.3 Å². The molecule has 0 atom stereocenters. The Hall–Kier alpha value is -4.31. The molecule has 1 N–H and O–H groups in total. The Kier molecular flexibility index (Phi) is 10.2. The van der Waals surface area contributed by atoms with Crippen LogP contribution < -0.4 is 10.2 Å². The van der Waals surface area contributed by atoms with Gasteiger partial charge in [0, 0.05) is 61.5 Å². The minimum Gasteiger partial charge on any atom is -0.368 e. The summed E-state index contributed by atoms with van der Waals surface area (Å²) in [5.41, 5.74) is 5.62. The maximum atomic E-state index is 12.3. The van der Waals surface area contributed by atoms with Gasteiger partial charge in [-0.3, -0.25) is 14.9 Å². The van der Waals surface area contributed by atoms with E-state index >= 15 is 0 Å². The zero-order valence-electron chi connectivity index (χ0n) is 24.1. The summed E-state index contributed by atoms with van der Waals surface area (Å²) in [4.78, 5) is 37.3. The van der Waals surface area contributed by atoms with Crippen LogP contribution in [0.4, 0.5) is 23.0 Å². The molecule has 0 amide bonds. The summed E-state index contributed by atoms with van der Waals surface area (Å²) in [6.45, 7) is 7.56. The van der Waals surface area contributed by atoms with Crippen molar-refractivity contribution >= 4 is 39.7 Å². The molecular formula is C31H41N7O3. The van der Waals surface area contributed by atoms with E-state index < -0.39 is 0 Å². The molecule has 4 aromatic rings. The van der Waals surface area contributed by atoms with Crippen molar-refractivity contribution in [1.82, 2.24) is 19.4 Å². The summed E-state index contributed by atoms with van der Waals surface area (Å²) in [6.07, 6.45) is 4.97. The number of ketones is 1. The van der Waals surface area contributed by atoms with Gasteiger partial charge in [0.05, 0.1) is 22.8 Å². The van der Waals surface area contributed by atoms with E-state index in [2.05, 4.69) is 10.3 Å². The van der Waals surface area contributed by atoms with Crippen LogP contribution in [0.2, 0.25) is 0 Å². The number of hydrogen-bond acceptors (Lipinski definition) is 8. The molecule has 0 unspecified atom stereocenters. The monoisotopic (exact) mass is 559 g/mol. The summed E-state index contributed by atoms with van der Waals surface area (Å²) in [6, 6.07) is 11.4. The number of hydrogen-bond donors (Lipinski definition) is 1. The van der Waals surface area contributed by atoms with Crippen LogP contribution in [0.25, 0.3) is 22.2 Å². The second-order valence-electron chi connectivity index (χ2n) is 10.3. The Bertz CT molecular complexity index is 1540. The third-order valence-corrected chi connectivity index (χ3v) is 7.09. The second-order valence-corrected chi connectivity index (χ2v) is 10.3. The third kappa shape index (κ3) is 6.89. The molecule has 0 bridgehead atoms. The van der Waals surface area contributed by atoms with Gasteiger partial charge in [-0.05, 0) is 50.7 Å². The van der Waals surface area contributed by atoms with Crippen LogP contribution >= 0.6 is 0 Å². The van der Waals surface area contributed by atoms with Crippen LogP contribution in [0, 0.1) is 17.0 Å². The van der Waals surface area contributed by atoms with E-state index in [-0.39, 0.29) is 23.8 Å². The fourth-order valence-electron chi connectivity index (χ4n) is 4.69. The summed E-state index contributed by atoms with van der Waals surface area (Å²) < 4.78 is 1.98. The normalized spacial score (nSPS) is 11.0. The average molecular weight is 560 g/mol. The molecule has 2 heterocycles. The molecule has 0 fully saturated rings. The lowest BCUT2D eigenvalue weighted by Crippen LogP contribution is -2.29. The van der Waals surface area contributed by atoms with Crippen molar-refractivity contribution in [2.45, 2.75) is 47.6 Å². The van der Waals surface area contributed by atoms with Crippen LogP contribution in [0.15, 0.2) is 48.8 Å². The number of carbonyl (C=O) groups is 1. The molecule has 2 aromatic carbocycles. The standard InChI is InChI=1S/C30H37N7O3.CH4/c1-7-21-17-31-30(32-25-16-28(37(39)40)27(15-20(25)3)35(6)14-13-34(4)5)33-29(21)24-19-36(18-22(38)8-2)26-12-10-9-11-23(24)26;/h9-12,15-17,19H,7-8,13-14,18H2,1-6H3,(H,31,32,33);1H4. The second kappa shape index (κ2) is 13.4. The Labute approximate surface area is 242 Å². The number of nitrogens with zero attached hydrogens (tertiary/aromatic N) is 6. The van der Waals surface area contributed by atoms with Gasteiger partial charge in [0.2, 0.25) is 5.95 Å². The molecular weight excluding hydrogens is 518 g/mol. The zero-order valence-corrected chi connectivity index (χ0v) is 24.1. The van der Waals surface area contributed by atoms with Crippen molar-refractivity contribution in [3.63, 3.8) is 0 Å². The number of aryl methyl sites for hydroxylation is 2. The number of benzene rings is 2. The van der Waals surface area contributed by atoms with Gasteiger partial charge in [0.1, 0.15) is 5.69 Å². The van der Waals surface area contributed by atoms with Crippen LogP contribution in [0.1, 0.15) is 38.8 Å². The number of nitrogens with one attached hydrogen (secondary N) is 1. The number of aromatic nitrogens is 3. The number of nitro benzene ring substituents is 1. The first-order valence-electron chi connectivity index (χ1n) is 13.5. The van der Waals surface area contributed by atoms with Crippen LogP contribution in [-0.4, -0.2) is 64.4 Å². The highest BCUT2D eigenvalue weighted by Crippen LogP contribution is 2.36. The molecule has 0 aliphatic rings. The molecule has 41 heavy (non-hydrogen) atoms. The van der Waals surface area contributed by atoms with Crippen LogP contribution in [0.5, 0.6) is 0 Å². The lowest BCUT2D eigenvalue weighted by atomic mass is 10.0. The first-order chi connectivity index (χ1) is 19.1. The lowest BCUT2D eigenvalue weighted by molar-refractivity contribution is -0.384. The number of carbonyl (C=O) groups excluding carboxylic acids is 1. The molecule has 2 aromatic heterocycles. The molecule has 10 nitrogen and oxygen atoms in total. The van der Waals surface area contributed by atoms with E-state index in [1.807, 2.05) is 92.8 Å². The van der Waals surface area contributed by atoms with E-state index in [4.69, 9.17) is 4.98 Å². The van der Waals surface area contributed by atoms with Crippen molar-refractivity contribution in [2.75, 3.05) is 44.4 Å². The summed E-state index contributed by atoms with van der Waals surface area (Å²) in [5, 5.41) is 16.2.